The highest BCUT2D eigenvalue weighted by Gasteiger charge is 2.32. The minimum Gasteiger partial charge on any atom is -0.493 e. The van der Waals surface area contributed by atoms with E-state index in [1.165, 1.54) is 12.7 Å². The first-order valence-corrected chi connectivity index (χ1v) is 8.83. The molecule has 0 unspecified atom stereocenters. The highest BCUT2D eigenvalue weighted by Crippen LogP contribution is 2.28. The summed E-state index contributed by atoms with van der Waals surface area (Å²) in [5.41, 5.74) is 3.65. The van der Waals surface area contributed by atoms with Gasteiger partial charge in [0.1, 0.15) is 0 Å². The van der Waals surface area contributed by atoms with Crippen LogP contribution in [0.3, 0.4) is 0 Å². The molecule has 0 spiro atoms. The average Bonchev–Trinajstić information content (AvgIpc) is 3.03. The lowest BCUT2D eigenvalue weighted by Crippen LogP contribution is -2.37. The van der Waals surface area contributed by atoms with Crippen LogP contribution in [0.25, 0.3) is 0 Å². The number of methoxy groups -OCH3 is 2. The second-order valence-electron chi connectivity index (χ2n) is 6.72. The molecule has 2 amide bonds. The Hall–Kier alpha value is -3.02. The third-order valence-electron chi connectivity index (χ3n) is 4.91. The molecule has 142 valence electrons. The lowest BCUT2D eigenvalue weighted by molar-refractivity contribution is -0.117. The molecule has 0 aliphatic carbocycles. The van der Waals surface area contributed by atoms with E-state index in [0.29, 0.717) is 23.6 Å². The molecule has 0 aromatic heterocycles. The van der Waals surface area contributed by atoms with Gasteiger partial charge in [-0.2, -0.15) is 0 Å². The number of ether oxygens (including phenoxy) is 2. The number of nitrogens with zero attached hydrogens (tertiary/aromatic N) is 1. The van der Waals surface area contributed by atoms with E-state index in [2.05, 4.69) is 5.32 Å². The summed E-state index contributed by atoms with van der Waals surface area (Å²) in [5, 5.41) is 2.94. The van der Waals surface area contributed by atoms with Crippen LogP contribution in [0.1, 0.15) is 27.9 Å². The van der Waals surface area contributed by atoms with Crippen LogP contribution in [0.2, 0.25) is 0 Å². The van der Waals surface area contributed by atoms with Crippen LogP contribution >= 0.6 is 0 Å². The fraction of sp³-hybridized carbons (Fsp3) is 0.333. The van der Waals surface area contributed by atoms with Gasteiger partial charge in [-0.1, -0.05) is 6.07 Å². The average molecular weight is 368 g/mol. The number of anilines is 1. The number of aryl methyl sites for hydroxylation is 2. The number of nitrogens with one attached hydrogen (secondary N) is 1. The van der Waals surface area contributed by atoms with Gasteiger partial charge in [0.25, 0.3) is 5.91 Å². The van der Waals surface area contributed by atoms with Crippen molar-refractivity contribution in [1.29, 1.82) is 0 Å². The summed E-state index contributed by atoms with van der Waals surface area (Å²) in [6, 6.07) is 10.7. The highest BCUT2D eigenvalue weighted by molar-refractivity contribution is 5.99. The molecule has 1 aliphatic rings. The molecular formula is C21H24N2O4. The van der Waals surface area contributed by atoms with Crippen molar-refractivity contribution < 1.29 is 19.1 Å². The molecular weight excluding hydrogens is 344 g/mol. The van der Waals surface area contributed by atoms with Gasteiger partial charge in [-0.25, -0.2) is 0 Å². The quantitative estimate of drug-likeness (QED) is 0.881. The third-order valence-corrected chi connectivity index (χ3v) is 4.91. The van der Waals surface area contributed by atoms with Gasteiger partial charge in [-0.15, -0.1) is 0 Å². The summed E-state index contributed by atoms with van der Waals surface area (Å²) in [5.74, 6) is 0.821. The van der Waals surface area contributed by atoms with E-state index in [9.17, 15) is 9.59 Å². The van der Waals surface area contributed by atoms with Crippen LogP contribution in [-0.4, -0.2) is 38.6 Å². The Bertz CT molecular complexity index is 878. The first kappa shape index (κ1) is 18.8. The molecule has 2 aromatic rings. The molecule has 1 atom stereocenters. The first-order valence-electron chi connectivity index (χ1n) is 8.83. The minimum absolute atomic E-state index is 0.0101. The van der Waals surface area contributed by atoms with Gasteiger partial charge in [0.15, 0.2) is 11.5 Å². The van der Waals surface area contributed by atoms with Crippen molar-refractivity contribution in [3.8, 4) is 11.5 Å². The molecule has 27 heavy (non-hydrogen) atoms. The van der Waals surface area contributed by atoms with Gasteiger partial charge in [0, 0.05) is 24.2 Å². The molecule has 6 heteroatoms. The number of amides is 2. The zero-order chi connectivity index (χ0) is 19.6. The van der Waals surface area contributed by atoms with Crippen molar-refractivity contribution in [3.05, 3.63) is 53.1 Å². The van der Waals surface area contributed by atoms with Crippen molar-refractivity contribution in [2.24, 2.45) is 0 Å². The Morgan fingerprint density at radius 3 is 2.44 bits per heavy atom. The van der Waals surface area contributed by atoms with Crippen molar-refractivity contribution in [3.63, 3.8) is 0 Å². The van der Waals surface area contributed by atoms with Crippen molar-refractivity contribution in [1.82, 2.24) is 5.32 Å². The van der Waals surface area contributed by atoms with Crippen molar-refractivity contribution in [2.45, 2.75) is 26.3 Å². The van der Waals surface area contributed by atoms with E-state index >= 15 is 0 Å². The Kier molecular flexibility index (Phi) is 5.35. The smallest absolute Gasteiger partial charge is 0.251 e. The largest absolute Gasteiger partial charge is 0.493 e. The monoisotopic (exact) mass is 368 g/mol. The van der Waals surface area contributed by atoms with Gasteiger partial charge < -0.3 is 19.7 Å². The molecule has 1 aliphatic heterocycles. The van der Waals surface area contributed by atoms with E-state index in [-0.39, 0.29) is 24.3 Å². The number of rotatable bonds is 5. The fourth-order valence-corrected chi connectivity index (χ4v) is 3.19. The topological polar surface area (TPSA) is 67.9 Å². The zero-order valence-electron chi connectivity index (χ0n) is 16.0. The summed E-state index contributed by atoms with van der Waals surface area (Å²) < 4.78 is 10.4. The van der Waals surface area contributed by atoms with E-state index in [1.807, 2.05) is 32.0 Å². The van der Waals surface area contributed by atoms with Gasteiger partial charge in [0.2, 0.25) is 5.91 Å². The Labute approximate surface area is 159 Å². The molecule has 1 saturated heterocycles. The predicted molar refractivity (Wildman–Crippen MR) is 104 cm³/mol. The second-order valence-corrected chi connectivity index (χ2v) is 6.72. The van der Waals surface area contributed by atoms with Crippen LogP contribution in [0.5, 0.6) is 11.5 Å². The normalized spacial score (nSPS) is 16.4. The number of carbonyl (C=O) groups excluding carboxylic acids is 2. The maximum Gasteiger partial charge on any atom is 0.251 e. The Morgan fingerprint density at radius 1 is 1.04 bits per heavy atom. The first-order chi connectivity index (χ1) is 12.9. The van der Waals surface area contributed by atoms with E-state index in [4.69, 9.17) is 9.47 Å². The van der Waals surface area contributed by atoms with Crippen LogP contribution in [0, 0.1) is 13.8 Å². The highest BCUT2D eigenvalue weighted by atomic mass is 16.5. The van der Waals surface area contributed by atoms with Crippen molar-refractivity contribution in [2.75, 3.05) is 25.7 Å². The Balaban J connectivity index is 1.70. The molecule has 1 N–H and O–H groups in total. The summed E-state index contributed by atoms with van der Waals surface area (Å²) in [6.45, 7) is 4.52. The molecule has 2 aromatic carbocycles. The lowest BCUT2D eigenvalue weighted by atomic mass is 10.1. The van der Waals surface area contributed by atoms with Crippen LogP contribution in [0.15, 0.2) is 36.4 Å². The number of benzene rings is 2. The fourth-order valence-electron chi connectivity index (χ4n) is 3.19. The summed E-state index contributed by atoms with van der Waals surface area (Å²) in [7, 11) is 3.07. The SMILES string of the molecule is COc1ccc(C(=O)N[C@@H]2CC(=O)N(c3ccc(C)c(C)c3)C2)cc1OC. The number of hydrogen-bond donors (Lipinski definition) is 1. The van der Waals surface area contributed by atoms with Gasteiger partial charge in [-0.05, 0) is 55.3 Å². The zero-order valence-corrected chi connectivity index (χ0v) is 16.0. The van der Waals surface area contributed by atoms with Crippen LogP contribution < -0.4 is 19.7 Å². The minimum atomic E-state index is -0.240. The van der Waals surface area contributed by atoms with Gasteiger partial charge in [-0.3, -0.25) is 9.59 Å². The lowest BCUT2D eigenvalue weighted by Gasteiger charge is -2.18. The predicted octanol–water partition coefficient (Wildman–Crippen LogP) is 2.86. The molecule has 3 rings (SSSR count). The molecule has 6 nitrogen and oxygen atoms in total. The van der Waals surface area contributed by atoms with Crippen molar-refractivity contribution >= 4 is 17.5 Å². The van der Waals surface area contributed by atoms with E-state index in [1.54, 1.807) is 30.2 Å². The molecule has 1 heterocycles. The maximum atomic E-state index is 12.6. The van der Waals surface area contributed by atoms with Crippen LogP contribution in [-0.2, 0) is 4.79 Å². The number of carbonyl (C=O) groups is 2. The molecule has 0 bridgehead atoms. The summed E-state index contributed by atoms with van der Waals surface area (Å²) in [6.07, 6.45) is 0.284. The molecule has 0 saturated carbocycles. The standard InChI is InChI=1S/C21H24N2O4/c1-13-5-7-17(9-14(13)2)23-12-16(11-20(23)24)22-21(25)15-6-8-18(26-3)19(10-15)27-4/h5-10,16H,11-12H2,1-4H3,(H,22,25)/t16-/m1/s1. The number of hydrogen-bond acceptors (Lipinski definition) is 4. The van der Waals surface area contributed by atoms with Gasteiger partial charge in [0.05, 0.1) is 20.3 Å². The maximum absolute atomic E-state index is 12.6. The summed E-state index contributed by atoms with van der Waals surface area (Å²) >= 11 is 0. The van der Waals surface area contributed by atoms with E-state index < -0.39 is 0 Å². The second kappa shape index (κ2) is 7.70. The van der Waals surface area contributed by atoms with Gasteiger partial charge >= 0.3 is 0 Å². The molecule has 0 radical (unpaired) electrons. The third kappa shape index (κ3) is 3.89. The van der Waals surface area contributed by atoms with E-state index in [0.717, 1.165) is 11.3 Å². The molecule has 1 fully saturated rings. The van der Waals surface area contributed by atoms with Crippen LogP contribution in [0.4, 0.5) is 5.69 Å². The Morgan fingerprint density at radius 2 is 1.78 bits per heavy atom. The summed E-state index contributed by atoms with van der Waals surface area (Å²) in [4.78, 5) is 26.7.